The molecule has 2 nitrogen and oxygen atoms in total. The van der Waals surface area contributed by atoms with Crippen molar-refractivity contribution in [1.29, 1.82) is 0 Å². The van der Waals surface area contributed by atoms with E-state index in [1.807, 2.05) is 13.8 Å². The molecule has 1 heterocycles. The fraction of sp³-hybridized carbons (Fsp3) is 0.625. The van der Waals surface area contributed by atoms with Gasteiger partial charge in [-0.15, -0.1) is 0 Å². The average molecular weight is 265 g/mol. The van der Waals surface area contributed by atoms with Crippen molar-refractivity contribution in [2.24, 2.45) is 5.92 Å². The summed E-state index contributed by atoms with van der Waals surface area (Å²) in [5.74, 6) is 0.338. The first kappa shape index (κ1) is 14.5. The third-order valence-corrected chi connectivity index (χ3v) is 3.96. The topological polar surface area (TPSA) is 21.3 Å². The van der Waals surface area contributed by atoms with Gasteiger partial charge in [-0.3, -0.25) is 0 Å². The van der Waals surface area contributed by atoms with Gasteiger partial charge < -0.3 is 10.1 Å². The van der Waals surface area contributed by atoms with E-state index in [0.717, 1.165) is 37.3 Å². The van der Waals surface area contributed by atoms with E-state index in [4.69, 9.17) is 4.74 Å². The zero-order valence-corrected chi connectivity index (χ0v) is 12.1. The molecule has 0 amide bonds. The van der Waals surface area contributed by atoms with Crippen LogP contribution in [-0.4, -0.2) is 19.8 Å². The van der Waals surface area contributed by atoms with Gasteiger partial charge in [-0.2, -0.15) is 0 Å². The molecule has 2 atom stereocenters. The van der Waals surface area contributed by atoms with Crippen LogP contribution >= 0.6 is 0 Å². The number of hydrogen-bond acceptors (Lipinski definition) is 2. The molecule has 0 bridgehead atoms. The standard InChI is InChI=1S/C16H24FNO/c1-4-18-16(13-6-5-7-19-10-13)15-11(2)8-14(17)9-12(15)3/h8-9,13,16,18H,4-7,10H2,1-3H3. The van der Waals surface area contributed by atoms with Crippen LogP contribution in [0.5, 0.6) is 0 Å². The van der Waals surface area contributed by atoms with Crippen molar-refractivity contribution in [3.8, 4) is 0 Å². The molecule has 0 aliphatic carbocycles. The van der Waals surface area contributed by atoms with Crippen LogP contribution in [-0.2, 0) is 4.74 Å². The fourth-order valence-electron chi connectivity index (χ4n) is 3.17. The Kier molecular flexibility index (Phi) is 4.94. The molecule has 1 saturated heterocycles. The van der Waals surface area contributed by atoms with Gasteiger partial charge in [0.15, 0.2) is 0 Å². The van der Waals surface area contributed by atoms with Crippen LogP contribution in [0.4, 0.5) is 4.39 Å². The monoisotopic (exact) mass is 265 g/mol. The van der Waals surface area contributed by atoms with E-state index >= 15 is 0 Å². The van der Waals surface area contributed by atoms with Crippen LogP contribution in [0.1, 0.15) is 42.5 Å². The molecule has 0 aromatic heterocycles. The Morgan fingerprint density at radius 3 is 2.58 bits per heavy atom. The highest BCUT2D eigenvalue weighted by molar-refractivity contribution is 5.37. The Balaban J connectivity index is 2.32. The molecule has 1 N–H and O–H groups in total. The predicted molar refractivity (Wildman–Crippen MR) is 75.8 cm³/mol. The number of hydrogen-bond donors (Lipinski definition) is 1. The lowest BCUT2D eigenvalue weighted by molar-refractivity contribution is 0.0391. The summed E-state index contributed by atoms with van der Waals surface area (Å²) >= 11 is 0. The first-order valence-corrected chi connectivity index (χ1v) is 7.21. The van der Waals surface area contributed by atoms with Gasteiger partial charge in [0.1, 0.15) is 5.82 Å². The summed E-state index contributed by atoms with van der Waals surface area (Å²) in [7, 11) is 0. The lowest BCUT2D eigenvalue weighted by atomic mass is 9.84. The zero-order chi connectivity index (χ0) is 13.8. The van der Waals surface area contributed by atoms with Crippen molar-refractivity contribution in [3.63, 3.8) is 0 Å². The Hall–Kier alpha value is -0.930. The Morgan fingerprint density at radius 1 is 1.37 bits per heavy atom. The highest BCUT2D eigenvalue weighted by Crippen LogP contribution is 2.33. The molecule has 3 heteroatoms. The smallest absolute Gasteiger partial charge is 0.123 e. The van der Waals surface area contributed by atoms with E-state index in [0.29, 0.717) is 5.92 Å². The Morgan fingerprint density at radius 2 is 2.05 bits per heavy atom. The summed E-state index contributed by atoms with van der Waals surface area (Å²) in [5, 5.41) is 3.57. The van der Waals surface area contributed by atoms with Crippen LogP contribution < -0.4 is 5.32 Å². The largest absolute Gasteiger partial charge is 0.381 e. The van der Waals surface area contributed by atoms with Crippen molar-refractivity contribution in [2.75, 3.05) is 19.8 Å². The van der Waals surface area contributed by atoms with Gasteiger partial charge in [0.25, 0.3) is 0 Å². The van der Waals surface area contributed by atoms with Gasteiger partial charge in [0.2, 0.25) is 0 Å². The maximum absolute atomic E-state index is 13.5. The van der Waals surface area contributed by atoms with Crippen molar-refractivity contribution >= 4 is 0 Å². The molecule has 1 aromatic rings. The molecule has 1 aliphatic heterocycles. The van der Waals surface area contributed by atoms with E-state index in [2.05, 4.69) is 12.2 Å². The third kappa shape index (κ3) is 3.34. The number of ether oxygens (including phenoxy) is 1. The second-order valence-corrected chi connectivity index (χ2v) is 5.47. The summed E-state index contributed by atoms with van der Waals surface area (Å²) in [5.41, 5.74) is 3.32. The quantitative estimate of drug-likeness (QED) is 0.899. The van der Waals surface area contributed by atoms with E-state index < -0.39 is 0 Å². The SMILES string of the molecule is CCNC(c1c(C)cc(F)cc1C)C1CCCOC1. The van der Waals surface area contributed by atoms with Gasteiger partial charge in [-0.05, 0) is 62.1 Å². The van der Waals surface area contributed by atoms with Crippen LogP contribution in [0, 0.1) is 25.6 Å². The molecule has 1 aromatic carbocycles. The summed E-state index contributed by atoms with van der Waals surface area (Å²) in [6.07, 6.45) is 2.29. The molecule has 2 unspecified atom stereocenters. The average Bonchev–Trinajstić information content (AvgIpc) is 2.37. The number of rotatable bonds is 4. The fourth-order valence-corrected chi connectivity index (χ4v) is 3.17. The summed E-state index contributed by atoms with van der Waals surface area (Å²) < 4.78 is 19.1. The maximum Gasteiger partial charge on any atom is 0.123 e. The third-order valence-electron chi connectivity index (χ3n) is 3.96. The van der Waals surface area contributed by atoms with E-state index in [9.17, 15) is 4.39 Å². The number of aryl methyl sites for hydroxylation is 2. The van der Waals surface area contributed by atoms with Crippen molar-refractivity contribution in [3.05, 3.63) is 34.6 Å². The first-order chi connectivity index (χ1) is 9.13. The zero-order valence-electron chi connectivity index (χ0n) is 12.1. The number of halogens is 1. The van der Waals surface area contributed by atoms with Crippen LogP contribution in [0.25, 0.3) is 0 Å². The van der Waals surface area contributed by atoms with Crippen LogP contribution in [0.3, 0.4) is 0 Å². The van der Waals surface area contributed by atoms with E-state index in [-0.39, 0.29) is 11.9 Å². The van der Waals surface area contributed by atoms with Gasteiger partial charge in [-0.25, -0.2) is 4.39 Å². The molecular formula is C16H24FNO. The van der Waals surface area contributed by atoms with Gasteiger partial charge in [0, 0.05) is 18.6 Å². The van der Waals surface area contributed by atoms with Gasteiger partial charge >= 0.3 is 0 Å². The highest BCUT2D eigenvalue weighted by atomic mass is 19.1. The minimum absolute atomic E-state index is 0.145. The summed E-state index contributed by atoms with van der Waals surface area (Å²) in [6, 6.07) is 3.54. The summed E-state index contributed by atoms with van der Waals surface area (Å²) in [6.45, 7) is 8.70. The maximum atomic E-state index is 13.5. The van der Waals surface area contributed by atoms with E-state index in [1.165, 1.54) is 12.0 Å². The molecule has 0 saturated carbocycles. The second-order valence-electron chi connectivity index (χ2n) is 5.47. The minimum atomic E-state index is -0.145. The van der Waals surface area contributed by atoms with Gasteiger partial charge in [0.05, 0.1) is 6.61 Å². The normalized spacial score (nSPS) is 21.4. The molecular weight excluding hydrogens is 241 g/mol. The summed E-state index contributed by atoms with van der Waals surface area (Å²) in [4.78, 5) is 0. The first-order valence-electron chi connectivity index (χ1n) is 7.21. The molecule has 106 valence electrons. The Labute approximate surface area is 115 Å². The second kappa shape index (κ2) is 6.49. The Bertz CT molecular complexity index is 404. The lowest BCUT2D eigenvalue weighted by Crippen LogP contribution is -2.34. The van der Waals surface area contributed by atoms with E-state index in [1.54, 1.807) is 12.1 Å². The van der Waals surface area contributed by atoms with Crippen molar-refractivity contribution in [1.82, 2.24) is 5.32 Å². The minimum Gasteiger partial charge on any atom is -0.381 e. The highest BCUT2D eigenvalue weighted by Gasteiger charge is 2.27. The lowest BCUT2D eigenvalue weighted by Gasteiger charge is -2.33. The molecule has 1 aliphatic rings. The van der Waals surface area contributed by atoms with Crippen molar-refractivity contribution < 1.29 is 9.13 Å². The molecule has 0 spiro atoms. The molecule has 0 radical (unpaired) electrons. The number of nitrogens with one attached hydrogen (secondary N) is 1. The molecule has 2 rings (SSSR count). The predicted octanol–water partition coefficient (Wildman–Crippen LogP) is 3.52. The number of benzene rings is 1. The van der Waals surface area contributed by atoms with Crippen LogP contribution in [0.2, 0.25) is 0 Å². The van der Waals surface area contributed by atoms with Crippen LogP contribution in [0.15, 0.2) is 12.1 Å². The molecule has 19 heavy (non-hydrogen) atoms. The van der Waals surface area contributed by atoms with Crippen molar-refractivity contribution in [2.45, 2.75) is 39.7 Å². The molecule has 1 fully saturated rings. The van der Waals surface area contributed by atoms with Gasteiger partial charge in [-0.1, -0.05) is 6.92 Å².